The van der Waals surface area contributed by atoms with Gasteiger partial charge in [0.2, 0.25) is 0 Å². The molecule has 0 radical (unpaired) electrons. The third-order valence-corrected chi connectivity index (χ3v) is 7.18. The number of anilines is 1. The zero-order chi connectivity index (χ0) is 24.7. The number of hydrogen-bond acceptors (Lipinski definition) is 9. The van der Waals surface area contributed by atoms with Crippen molar-refractivity contribution in [3.63, 3.8) is 0 Å². The van der Waals surface area contributed by atoms with Crippen LogP contribution in [0.25, 0.3) is 5.57 Å². The number of β-amino-alcohol motifs (C(OH)–C–C–N with tert-alkyl or cyclic N) is 1. The molecule has 0 spiro atoms. The van der Waals surface area contributed by atoms with E-state index in [-0.39, 0.29) is 25.2 Å². The minimum absolute atomic E-state index is 0.253. The summed E-state index contributed by atoms with van der Waals surface area (Å²) in [5.74, 6) is 0.827. The van der Waals surface area contributed by atoms with Crippen LogP contribution in [-0.4, -0.2) is 73.4 Å². The Morgan fingerprint density at radius 3 is 2.51 bits per heavy atom. The van der Waals surface area contributed by atoms with Gasteiger partial charge in [-0.05, 0) is 37.1 Å². The lowest BCUT2D eigenvalue weighted by Gasteiger charge is -2.37. The molecular formula is C26H29N3O6. The van der Waals surface area contributed by atoms with Crippen LogP contribution < -0.4 is 9.64 Å². The Hall–Kier alpha value is -3.43. The predicted molar refractivity (Wildman–Crippen MR) is 128 cm³/mol. The summed E-state index contributed by atoms with van der Waals surface area (Å²) in [5.41, 5.74) is 5.49. The second-order valence-corrected chi connectivity index (χ2v) is 9.12. The zero-order valence-corrected chi connectivity index (χ0v) is 20.2. The SMILES string of the molecule is COc1cc(C2=C(C)C(=O)OC2)cnc1N1CCN(C[C@H](O)c2ccc3c(c2C)COC3=O)CC1. The van der Waals surface area contributed by atoms with E-state index >= 15 is 0 Å². The molecule has 9 nitrogen and oxygen atoms in total. The van der Waals surface area contributed by atoms with Gasteiger partial charge in [0.1, 0.15) is 13.2 Å². The lowest BCUT2D eigenvalue weighted by Crippen LogP contribution is -2.48. The van der Waals surface area contributed by atoms with Gasteiger partial charge >= 0.3 is 11.9 Å². The summed E-state index contributed by atoms with van der Waals surface area (Å²) in [6, 6.07) is 5.49. The van der Waals surface area contributed by atoms with Gasteiger partial charge in [-0.15, -0.1) is 0 Å². The van der Waals surface area contributed by atoms with Gasteiger partial charge in [0.05, 0.1) is 18.8 Å². The molecule has 4 heterocycles. The Kier molecular flexibility index (Phi) is 6.21. The number of fused-ring (bicyclic) bond motifs is 1. The smallest absolute Gasteiger partial charge is 0.338 e. The monoisotopic (exact) mass is 479 g/mol. The van der Waals surface area contributed by atoms with Gasteiger partial charge in [-0.2, -0.15) is 0 Å². The van der Waals surface area contributed by atoms with Gasteiger partial charge in [-0.1, -0.05) is 6.07 Å². The first-order valence-electron chi connectivity index (χ1n) is 11.7. The van der Waals surface area contributed by atoms with E-state index in [1.807, 2.05) is 19.1 Å². The van der Waals surface area contributed by atoms with E-state index in [4.69, 9.17) is 14.2 Å². The van der Waals surface area contributed by atoms with Gasteiger partial charge in [0.15, 0.2) is 11.6 Å². The maximum atomic E-state index is 11.8. The Morgan fingerprint density at radius 1 is 1.09 bits per heavy atom. The molecule has 35 heavy (non-hydrogen) atoms. The van der Waals surface area contributed by atoms with Crippen molar-refractivity contribution in [1.82, 2.24) is 9.88 Å². The lowest BCUT2D eigenvalue weighted by atomic mass is 9.95. The number of benzene rings is 1. The van der Waals surface area contributed by atoms with Crippen LogP contribution in [0.2, 0.25) is 0 Å². The van der Waals surface area contributed by atoms with Crippen LogP contribution in [0.4, 0.5) is 5.82 Å². The molecule has 0 amide bonds. The topological polar surface area (TPSA) is 101 Å². The number of hydrogen-bond donors (Lipinski definition) is 1. The number of aromatic nitrogens is 1. The minimum Gasteiger partial charge on any atom is -0.493 e. The van der Waals surface area contributed by atoms with Crippen molar-refractivity contribution in [2.75, 3.05) is 51.3 Å². The number of esters is 2. The van der Waals surface area contributed by atoms with Crippen LogP contribution in [0, 0.1) is 6.92 Å². The highest BCUT2D eigenvalue weighted by Crippen LogP contribution is 2.33. The molecule has 1 fully saturated rings. The third-order valence-electron chi connectivity index (χ3n) is 7.18. The number of aliphatic hydroxyl groups excluding tert-OH is 1. The third kappa shape index (κ3) is 4.26. The number of methoxy groups -OCH3 is 1. The predicted octanol–water partition coefficient (Wildman–Crippen LogP) is 2.25. The standard InChI is InChI=1S/C26H29N3O6/c1-15-18(4-5-19-21(15)14-35-26(19)32)22(30)12-28-6-8-29(9-7-28)24-23(33-3)10-17(11-27-24)20-13-34-25(31)16(20)2/h4-5,10-11,22,30H,6-9,12-14H2,1-3H3/t22-/m0/s1. The average Bonchev–Trinajstić information content (AvgIpc) is 3.41. The van der Waals surface area contributed by atoms with E-state index in [9.17, 15) is 14.7 Å². The molecule has 184 valence electrons. The molecule has 3 aliphatic rings. The van der Waals surface area contributed by atoms with Crippen molar-refractivity contribution in [2.24, 2.45) is 0 Å². The number of ether oxygens (including phenoxy) is 3. The number of cyclic esters (lactones) is 2. The minimum atomic E-state index is -0.651. The van der Waals surface area contributed by atoms with Gasteiger partial charge in [0, 0.05) is 61.2 Å². The zero-order valence-electron chi connectivity index (χ0n) is 20.2. The normalized spacial score (nSPS) is 19.0. The molecule has 1 N–H and O–H groups in total. The van der Waals surface area contributed by atoms with Crippen molar-refractivity contribution < 1.29 is 28.9 Å². The van der Waals surface area contributed by atoms with Crippen LogP contribution in [0.5, 0.6) is 5.75 Å². The van der Waals surface area contributed by atoms with Crippen LogP contribution in [0.15, 0.2) is 30.0 Å². The van der Waals surface area contributed by atoms with Crippen LogP contribution >= 0.6 is 0 Å². The Morgan fingerprint density at radius 2 is 1.83 bits per heavy atom. The molecule has 0 saturated carbocycles. The molecule has 9 heteroatoms. The molecule has 1 aromatic heterocycles. The number of pyridine rings is 1. The van der Waals surface area contributed by atoms with Crippen molar-refractivity contribution in [3.05, 3.63) is 57.8 Å². The molecular weight excluding hydrogens is 450 g/mol. The number of nitrogens with zero attached hydrogens (tertiary/aromatic N) is 3. The van der Waals surface area contributed by atoms with E-state index in [0.29, 0.717) is 23.4 Å². The summed E-state index contributed by atoms with van der Waals surface area (Å²) >= 11 is 0. The maximum absolute atomic E-state index is 11.8. The molecule has 5 rings (SSSR count). The van der Waals surface area contributed by atoms with Crippen LogP contribution in [-0.2, 0) is 20.9 Å². The first kappa shape index (κ1) is 23.3. The Balaban J connectivity index is 1.24. The van der Waals surface area contributed by atoms with Gasteiger partial charge < -0.3 is 24.2 Å². The van der Waals surface area contributed by atoms with E-state index in [0.717, 1.165) is 59.8 Å². The Labute approximate surface area is 203 Å². The molecule has 2 aromatic rings. The number of rotatable bonds is 6. The van der Waals surface area contributed by atoms with Crippen LogP contribution in [0.1, 0.15) is 45.6 Å². The second-order valence-electron chi connectivity index (χ2n) is 9.12. The molecule has 1 atom stereocenters. The summed E-state index contributed by atoms with van der Waals surface area (Å²) in [6.07, 6.45) is 1.11. The fourth-order valence-corrected chi connectivity index (χ4v) is 4.98. The second kappa shape index (κ2) is 9.31. The largest absolute Gasteiger partial charge is 0.493 e. The average molecular weight is 480 g/mol. The first-order chi connectivity index (χ1) is 16.9. The molecule has 0 aliphatic carbocycles. The lowest BCUT2D eigenvalue weighted by molar-refractivity contribution is -0.135. The molecule has 3 aliphatic heterocycles. The van der Waals surface area contributed by atoms with Crippen molar-refractivity contribution in [2.45, 2.75) is 26.6 Å². The highest BCUT2D eigenvalue weighted by molar-refractivity contribution is 6.01. The molecule has 0 unspecified atom stereocenters. The fourth-order valence-electron chi connectivity index (χ4n) is 4.98. The van der Waals surface area contributed by atoms with Gasteiger partial charge in [-0.25, -0.2) is 14.6 Å². The Bertz CT molecular complexity index is 1220. The number of carbonyl (C=O) groups excluding carboxylic acids is 2. The van der Waals surface area contributed by atoms with Gasteiger partial charge in [0.25, 0.3) is 0 Å². The number of piperazine rings is 1. The number of aliphatic hydroxyl groups is 1. The molecule has 1 saturated heterocycles. The van der Waals surface area contributed by atoms with Gasteiger partial charge in [-0.3, -0.25) is 4.90 Å². The van der Waals surface area contributed by atoms with E-state index in [2.05, 4.69) is 14.8 Å². The van der Waals surface area contributed by atoms with E-state index in [1.54, 1.807) is 26.3 Å². The van der Waals surface area contributed by atoms with E-state index < -0.39 is 6.10 Å². The van der Waals surface area contributed by atoms with Crippen molar-refractivity contribution in [1.29, 1.82) is 0 Å². The van der Waals surface area contributed by atoms with Crippen LogP contribution in [0.3, 0.4) is 0 Å². The van der Waals surface area contributed by atoms with E-state index in [1.165, 1.54) is 0 Å². The highest BCUT2D eigenvalue weighted by Gasteiger charge is 2.28. The first-order valence-corrected chi connectivity index (χ1v) is 11.7. The summed E-state index contributed by atoms with van der Waals surface area (Å²) in [4.78, 5) is 32.6. The summed E-state index contributed by atoms with van der Waals surface area (Å²) < 4.78 is 15.9. The van der Waals surface area contributed by atoms with Crippen molar-refractivity contribution >= 4 is 23.3 Å². The van der Waals surface area contributed by atoms with Crippen molar-refractivity contribution in [3.8, 4) is 5.75 Å². The molecule has 1 aromatic carbocycles. The number of carbonyl (C=O) groups is 2. The highest BCUT2D eigenvalue weighted by atomic mass is 16.5. The molecule has 0 bridgehead atoms. The quantitative estimate of drug-likeness (QED) is 0.625. The summed E-state index contributed by atoms with van der Waals surface area (Å²) in [7, 11) is 1.62. The maximum Gasteiger partial charge on any atom is 0.338 e. The summed E-state index contributed by atoms with van der Waals surface area (Å²) in [5, 5.41) is 10.9. The summed E-state index contributed by atoms with van der Waals surface area (Å²) in [6.45, 7) is 7.74. The fraction of sp³-hybridized carbons (Fsp3) is 0.423.